The number of amides is 4. The molecule has 0 spiro atoms. The van der Waals surface area contributed by atoms with E-state index in [1.54, 1.807) is 56.0 Å². The van der Waals surface area contributed by atoms with Crippen molar-refractivity contribution >= 4 is 82.1 Å². The molecule has 2 saturated heterocycles. The monoisotopic (exact) mass is 916 g/mol. The lowest BCUT2D eigenvalue weighted by molar-refractivity contribution is -0.387. The molecule has 63 heavy (non-hydrogen) atoms. The van der Waals surface area contributed by atoms with Crippen molar-refractivity contribution in [2.45, 2.75) is 23.6 Å². The Morgan fingerprint density at radius 2 is 0.937 bits per heavy atom. The lowest BCUT2D eigenvalue weighted by atomic mass is 9.96. The molecule has 2 aliphatic heterocycles. The van der Waals surface area contributed by atoms with E-state index in [1.807, 2.05) is 0 Å². The SMILES string of the molecule is COc1ccc(Cl)cc1-c1c(/C=C/C(=O)N2CCN(C(C)=O)CC2)ccc(Sc2ccc(/C=C/C(=O)N3CCN(C(C)=O)CC3)c(-c3cc(Cl)ccc3OC)c2[N+](=O)[O-])c1[N+](=O)[O-]. The Bertz CT molecular complexity index is 2380. The number of carbonyl (C=O) groups is 4. The third-order valence-electron chi connectivity index (χ3n) is 10.7. The number of methoxy groups -OCH3 is 2. The zero-order chi connectivity index (χ0) is 45.5. The number of nitro benzene ring substituents is 2. The van der Waals surface area contributed by atoms with Crippen LogP contribution in [0, 0.1) is 20.2 Å². The van der Waals surface area contributed by atoms with Crippen LogP contribution in [0.2, 0.25) is 10.0 Å². The highest BCUT2D eigenvalue weighted by Gasteiger charge is 2.32. The van der Waals surface area contributed by atoms with E-state index in [1.165, 1.54) is 76.6 Å². The molecule has 0 aromatic heterocycles. The molecule has 2 aliphatic rings. The predicted octanol–water partition coefficient (Wildman–Crippen LogP) is 7.72. The first-order chi connectivity index (χ1) is 30.1. The van der Waals surface area contributed by atoms with E-state index in [4.69, 9.17) is 32.7 Å². The summed E-state index contributed by atoms with van der Waals surface area (Å²) in [5, 5.41) is 27.0. The van der Waals surface area contributed by atoms with E-state index in [0.29, 0.717) is 52.4 Å². The maximum atomic E-state index is 13.4. The van der Waals surface area contributed by atoms with E-state index < -0.39 is 21.2 Å². The fraction of sp³-hybridized carbons (Fsp3) is 0.273. The van der Waals surface area contributed by atoms with Crippen LogP contribution >= 0.6 is 35.0 Å². The number of carbonyl (C=O) groups excluding carboxylic acids is 4. The Hall–Kier alpha value is -6.43. The Morgan fingerprint density at radius 1 is 0.587 bits per heavy atom. The third-order valence-corrected chi connectivity index (χ3v) is 12.2. The topological polar surface area (TPSA) is 186 Å². The van der Waals surface area contributed by atoms with Gasteiger partial charge in [-0.05, 0) is 71.8 Å². The first kappa shape index (κ1) is 46.1. The van der Waals surface area contributed by atoms with Crippen molar-refractivity contribution in [1.29, 1.82) is 0 Å². The molecule has 328 valence electrons. The smallest absolute Gasteiger partial charge is 0.291 e. The van der Waals surface area contributed by atoms with E-state index in [0.717, 1.165) is 11.8 Å². The molecule has 19 heteroatoms. The Labute approximate surface area is 376 Å². The highest BCUT2D eigenvalue weighted by Crippen LogP contribution is 2.51. The maximum Gasteiger partial charge on any atom is 0.291 e. The molecule has 0 saturated carbocycles. The van der Waals surface area contributed by atoms with Gasteiger partial charge in [0, 0.05) is 99.5 Å². The van der Waals surface area contributed by atoms with Crippen molar-refractivity contribution in [1.82, 2.24) is 19.6 Å². The van der Waals surface area contributed by atoms with Crippen molar-refractivity contribution in [3.05, 3.63) is 114 Å². The molecule has 6 rings (SSSR count). The molecule has 0 atom stereocenters. The van der Waals surface area contributed by atoms with Gasteiger partial charge in [0.1, 0.15) is 11.5 Å². The van der Waals surface area contributed by atoms with Crippen molar-refractivity contribution in [2.24, 2.45) is 0 Å². The molecule has 0 radical (unpaired) electrons. The zero-order valence-corrected chi connectivity index (χ0v) is 37.0. The summed E-state index contributed by atoms with van der Waals surface area (Å²) in [4.78, 5) is 82.2. The molecule has 4 aromatic rings. The second kappa shape index (κ2) is 20.2. The molecular weight excluding hydrogens is 875 g/mol. The average molecular weight is 918 g/mol. The van der Waals surface area contributed by atoms with Crippen LogP contribution in [0.5, 0.6) is 11.5 Å². The third kappa shape index (κ3) is 10.4. The quantitative estimate of drug-likeness (QED) is 0.0770. The second-order valence-electron chi connectivity index (χ2n) is 14.4. The van der Waals surface area contributed by atoms with Gasteiger partial charge in [0.2, 0.25) is 23.6 Å². The molecule has 0 bridgehead atoms. The van der Waals surface area contributed by atoms with Crippen molar-refractivity contribution < 1.29 is 38.5 Å². The summed E-state index contributed by atoms with van der Waals surface area (Å²) in [7, 11) is 2.79. The minimum absolute atomic E-state index is 0.0103. The Kier molecular flexibility index (Phi) is 14.8. The largest absolute Gasteiger partial charge is 0.496 e. The maximum absolute atomic E-state index is 13.4. The van der Waals surface area contributed by atoms with Crippen LogP contribution in [-0.2, 0) is 19.2 Å². The van der Waals surface area contributed by atoms with Gasteiger partial charge in [-0.3, -0.25) is 39.4 Å². The highest BCUT2D eigenvalue weighted by molar-refractivity contribution is 7.99. The first-order valence-corrected chi connectivity index (χ1v) is 21.1. The average Bonchev–Trinajstić information content (AvgIpc) is 3.27. The van der Waals surface area contributed by atoms with Gasteiger partial charge in [-0.15, -0.1) is 0 Å². The lowest BCUT2D eigenvalue weighted by Crippen LogP contribution is -2.49. The standard InChI is InChI=1S/C44H42Cl2N6O10S/c1-27(53)47-17-21-49(22-18-47)39(55)15-7-29-5-13-37(43(51(57)58)41(29)33-25-31(45)9-11-35(33)61-3)63-38-14-6-30(8-16-40(56)50-23-19-48(20-24-50)28(2)54)42(44(38)52(59)60)34-26-32(46)10-12-36(34)62-4/h5-16,25-26H,17-24H2,1-4H3/b15-7+,16-8+. The fourth-order valence-electron chi connectivity index (χ4n) is 7.43. The minimum Gasteiger partial charge on any atom is -0.496 e. The summed E-state index contributed by atoms with van der Waals surface area (Å²) in [6.45, 7) is 5.61. The van der Waals surface area contributed by atoms with Crippen LogP contribution in [0.4, 0.5) is 11.4 Å². The highest BCUT2D eigenvalue weighted by atomic mass is 35.5. The normalized spacial score (nSPS) is 14.3. The zero-order valence-electron chi connectivity index (χ0n) is 34.7. The van der Waals surface area contributed by atoms with Crippen LogP contribution in [0.25, 0.3) is 34.4 Å². The molecule has 16 nitrogen and oxygen atoms in total. The van der Waals surface area contributed by atoms with Crippen LogP contribution < -0.4 is 9.47 Å². The number of nitro groups is 2. The summed E-state index contributed by atoms with van der Waals surface area (Å²) < 4.78 is 11.2. The minimum atomic E-state index is -0.607. The van der Waals surface area contributed by atoms with E-state index in [9.17, 15) is 39.4 Å². The van der Waals surface area contributed by atoms with Crippen LogP contribution in [0.1, 0.15) is 25.0 Å². The molecule has 2 fully saturated rings. The van der Waals surface area contributed by atoms with Gasteiger partial charge < -0.3 is 29.1 Å². The van der Waals surface area contributed by atoms with Gasteiger partial charge in [-0.2, -0.15) is 0 Å². The molecule has 0 aliphatic carbocycles. The number of hydrogen-bond donors (Lipinski definition) is 0. The fourth-order valence-corrected chi connectivity index (χ4v) is 8.83. The Morgan fingerprint density at radius 3 is 1.25 bits per heavy atom. The number of rotatable bonds is 12. The molecule has 0 N–H and O–H groups in total. The lowest BCUT2D eigenvalue weighted by Gasteiger charge is -2.33. The number of nitrogens with zero attached hydrogens (tertiary/aromatic N) is 6. The van der Waals surface area contributed by atoms with Crippen molar-refractivity contribution in [3.8, 4) is 33.8 Å². The summed E-state index contributed by atoms with van der Waals surface area (Å²) in [5.74, 6) is -0.446. The van der Waals surface area contributed by atoms with E-state index in [2.05, 4.69) is 0 Å². The van der Waals surface area contributed by atoms with Crippen molar-refractivity contribution in [2.75, 3.05) is 66.6 Å². The summed E-state index contributed by atoms with van der Waals surface area (Å²) in [5.41, 5.74) is 0.165. The summed E-state index contributed by atoms with van der Waals surface area (Å²) in [6, 6.07) is 15.2. The van der Waals surface area contributed by atoms with Crippen LogP contribution in [0.3, 0.4) is 0 Å². The Balaban J connectivity index is 1.48. The summed E-state index contributed by atoms with van der Waals surface area (Å²) in [6.07, 6.45) is 5.51. The molecule has 2 heterocycles. The van der Waals surface area contributed by atoms with Gasteiger partial charge in [0.15, 0.2) is 0 Å². The first-order valence-electron chi connectivity index (χ1n) is 19.5. The number of hydrogen-bond acceptors (Lipinski definition) is 11. The predicted molar refractivity (Wildman–Crippen MR) is 240 cm³/mol. The van der Waals surface area contributed by atoms with Gasteiger partial charge >= 0.3 is 0 Å². The number of benzene rings is 4. The molecule has 4 aromatic carbocycles. The van der Waals surface area contributed by atoms with Gasteiger partial charge in [0.25, 0.3) is 11.4 Å². The van der Waals surface area contributed by atoms with Gasteiger partial charge in [0.05, 0.1) is 45.0 Å². The molecule has 0 unspecified atom stereocenters. The number of ether oxygens (including phenoxy) is 2. The van der Waals surface area contributed by atoms with Crippen LogP contribution in [0.15, 0.2) is 82.6 Å². The van der Waals surface area contributed by atoms with Crippen molar-refractivity contribution in [3.63, 3.8) is 0 Å². The molecular formula is C44H42Cl2N6O10S. The number of piperazine rings is 2. The second-order valence-corrected chi connectivity index (χ2v) is 16.3. The van der Waals surface area contributed by atoms with E-state index >= 15 is 0 Å². The molecule has 4 amide bonds. The van der Waals surface area contributed by atoms with Crippen LogP contribution in [-0.4, -0.2) is 120 Å². The van der Waals surface area contributed by atoms with E-state index in [-0.39, 0.29) is 88.3 Å². The van der Waals surface area contributed by atoms with Gasteiger partial charge in [-0.25, -0.2) is 0 Å². The summed E-state index contributed by atoms with van der Waals surface area (Å²) >= 11 is 13.7. The number of halogens is 2. The van der Waals surface area contributed by atoms with Gasteiger partial charge in [-0.1, -0.05) is 47.1 Å².